The van der Waals surface area contributed by atoms with E-state index in [-0.39, 0.29) is 11.6 Å². The minimum Gasteiger partial charge on any atom is -0.475 e. The van der Waals surface area contributed by atoms with E-state index < -0.39 is 5.97 Å². The lowest BCUT2D eigenvalue weighted by molar-refractivity contribution is 0.0659. The van der Waals surface area contributed by atoms with Crippen molar-refractivity contribution in [3.8, 4) is 0 Å². The van der Waals surface area contributed by atoms with Crippen molar-refractivity contribution >= 4 is 27.6 Å². The van der Waals surface area contributed by atoms with Gasteiger partial charge in [0.1, 0.15) is 11.6 Å². The van der Waals surface area contributed by atoms with Gasteiger partial charge in [-0.3, -0.25) is 0 Å². The number of aryl methyl sites for hydroxylation is 1. The maximum atomic E-state index is 12.9. The molecule has 0 spiro atoms. The number of benzene rings is 1. The highest BCUT2D eigenvalue weighted by Crippen LogP contribution is 2.24. The molecule has 2 N–H and O–H groups in total. The second-order valence-electron chi connectivity index (χ2n) is 4.01. The van der Waals surface area contributed by atoms with Crippen molar-refractivity contribution in [1.82, 2.24) is 0 Å². The first-order chi connectivity index (χ1) is 8.97. The van der Waals surface area contributed by atoms with Gasteiger partial charge in [-0.1, -0.05) is 0 Å². The Balaban J connectivity index is 2.10. The van der Waals surface area contributed by atoms with E-state index in [0.717, 1.165) is 0 Å². The van der Waals surface area contributed by atoms with Gasteiger partial charge in [0, 0.05) is 15.7 Å². The van der Waals surface area contributed by atoms with Crippen molar-refractivity contribution in [2.45, 2.75) is 13.5 Å². The van der Waals surface area contributed by atoms with E-state index in [1.54, 1.807) is 19.1 Å². The molecule has 19 heavy (non-hydrogen) atoms. The molecule has 0 fully saturated rings. The molecule has 1 aromatic heterocycles. The summed E-state index contributed by atoms with van der Waals surface area (Å²) in [5, 5.41) is 11.9. The number of hydrogen-bond donors (Lipinski definition) is 2. The zero-order chi connectivity index (χ0) is 14.0. The third kappa shape index (κ3) is 3.14. The summed E-state index contributed by atoms with van der Waals surface area (Å²) in [7, 11) is 0. The number of carbonyl (C=O) groups is 1. The fraction of sp³-hybridized carbons (Fsp3) is 0.154. The highest BCUT2D eigenvalue weighted by atomic mass is 79.9. The van der Waals surface area contributed by atoms with Gasteiger partial charge in [-0.2, -0.15) is 0 Å². The summed E-state index contributed by atoms with van der Waals surface area (Å²) in [6, 6.07) is 5.93. The number of halogens is 2. The molecule has 0 aliphatic heterocycles. The Hall–Kier alpha value is -1.82. The fourth-order valence-corrected chi connectivity index (χ4v) is 2.15. The van der Waals surface area contributed by atoms with Crippen molar-refractivity contribution in [2.24, 2.45) is 0 Å². The topological polar surface area (TPSA) is 62.5 Å². The molecule has 0 radical (unpaired) electrons. The smallest absolute Gasteiger partial charge is 0.372 e. The standard InChI is InChI=1S/C13H11BrFNO3/c1-7-4-9(19-12(7)13(17)18)6-16-11-3-2-8(15)5-10(11)14/h2-5,16H,6H2,1H3,(H,17,18). The van der Waals surface area contributed by atoms with Crippen LogP contribution in [0.25, 0.3) is 0 Å². The van der Waals surface area contributed by atoms with Crippen LogP contribution in [0.5, 0.6) is 0 Å². The first-order valence-electron chi connectivity index (χ1n) is 5.49. The zero-order valence-electron chi connectivity index (χ0n) is 10.0. The molecular formula is C13H11BrFNO3. The number of aromatic carboxylic acids is 1. The molecule has 2 aromatic rings. The summed E-state index contributed by atoms with van der Waals surface area (Å²) in [6.45, 7) is 1.99. The first kappa shape index (κ1) is 13.6. The molecule has 0 unspecified atom stereocenters. The summed E-state index contributed by atoms with van der Waals surface area (Å²) in [6.07, 6.45) is 0. The normalized spacial score (nSPS) is 10.5. The molecule has 0 saturated carbocycles. The highest BCUT2D eigenvalue weighted by Gasteiger charge is 2.14. The lowest BCUT2D eigenvalue weighted by atomic mass is 10.2. The summed E-state index contributed by atoms with van der Waals surface area (Å²) < 4.78 is 18.7. The Bertz CT molecular complexity index is 624. The second kappa shape index (κ2) is 5.44. The van der Waals surface area contributed by atoms with Crippen LogP contribution in [0.4, 0.5) is 10.1 Å². The highest BCUT2D eigenvalue weighted by molar-refractivity contribution is 9.10. The monoisotopic (exact) mass is 327 g/mol. The molecule has 100 valence electrons. The first-order valence-corrected chi connectivity index (χ1v) is 6.28. The van der Waals surface area contributed by atoms with Crippen LogP contribution in [-0.2, 0) is 6.54 Å². The molecule has 0 bridgehead atoms. The van der Waals surface area contributed by atoms with Gasteiger partial charge in [0.15, 0.2) is 0 Å². The molecule has 0 aliphatic rings. The molecule has 0 aliphatic carbocycles. The third-order valence-electron chi connectivity index (χ3n) is 2.55. The van der Waals surface area contributed by atoms with Crippen LogP contribution < -0.4 is 5.32 Å². The largest absolute Gasteiger partial charge is 0.475 e. The Kier molecular flexibility index (Phi) is 3.90. The number of hydrogen-bond acceptors (Lipinski definition) is 3. The van der Waals surface area contributed by atoms with Gasteiger partial charge in [-0.15, -0.1) is 0 Å². The van der Waals surface area contributed by atoms with E-state index >= 15 is 0 Å². The SMILES string of the molecule is Cc1cc(CNc2ccc(F)cc2Br)oc1C(=O)O. The molecule has 0 amide bonds. The Morgan fingerprint density at radius 3 is 2.79 bits per heavy atom. The van der Waals surface area contributed by atoms with E-state index in [2.05, 4.69) is 21.2 Å². The zero-order valence-corrected chi connectivity index (χ0v) is 11.6. The number of rotatable bonds is 4. The van der Waals surface area contributed by atoms with Gasteiger partial charge in [0.25, 0.3) is 0 Å². The number of furan rings is 1. The number of carboxylic acids is 1. The quantitative estimate of drug-likeness (QED) is 0.896. The van der Waals surface area contributed by atoms with Crippen molar-refractivity contribution < 1.29 is 18.7 Å². The Morgan fingerprint density at radius 1 is 1.47 bits per heavy atom. The van der Waals surface area contributed by atoms with Gasteiger partial charge in [0.2, 0.25) is 5.76 Å². The van der Waals surface area contributed by atoms with Crippen LogP contribution in [0.1, 0.15) is 21.9 Å². The van der Waals surface area contributed by atoms with Gasteiger partial charge >= 0.3 is 5.97 Å². The van der Waals surface area contributed by atoms with E-state index in [1.807, 2.05) is 0 Å². The van der Waals surface area contributed by atoms with Crippen molar-refractivity contribution in [1.29, 1.82) is 0 Å². The lowest BCUT2D eigenvalue weighted by Gasteiger charge is -2.06. The van der Waals surface area contributed by atoms with Gasteiger partial charge in [0.05, 0.1) is 6.54 Å². The maximum absolute atomic E-state index is 12.9. The average molecular weight is 328 g/mol. The molecule has 2 rings (SSSR count). The second-order valence-corrected chi connectivity index (χ2v) is 4.86. The predicted molar refractivity (Wildman–Crippen MR) is 71.8 cm³/mol. The molecule has 6 heteroatoms. The minimum atomic E-state index is -1.09. The van der Waals surface area contributed by atoms with E-state index in [4.69, 9.17) is 9.52 Å². The van der Waals surface area contributed by atoms with E-state index in [0.29, 0.717) is 28.0 Å². The van der Waals surface area contributed by atoms with Gasteiger partial charge in [-0.25, -0.2) is 9.18 Å². The fourth-order valence-electron chi connectivity index (χ4n) is 1.66. The Morgan fingerprint density at radius 2 is 2.21 bits per heavy atom. The molecular weight excluding hydrogens is 317 g/mol. The molecule has 0 atom stereocenters. The minimum absolute atomic E-state index is 0.0602. The maximum Gasteiger partial charge on any atom is 0.372 e. The van der Waals surface area contributed by atoms with Crippen LogP contribution in [0, 0.1) is 12.7 Å². The van der Waals surface area contributed by atoms with Gasteiger partial charge in [-0.05, 0) is 47.1 Å². The number of anilines is 1. The van der Waals surface area contributed by atoms with Crippen LogP contribution in [-0.4, -0.2) is 11.1 Å². The molecule has 4 nitrogen and oxygen atoms in total. The molecule has 1 aromatic carbocycles. The third-order valence-corrected chi connectivity index (χ3v) is 3.20. The van der Waals surface area contributed by atoms with E-state index in [9.17, 15) is 9.18 Å². The number of nitrogens with one attached hydrogen (secondary N) is 1. The van der Waals surface area contributed by atoms with Crippen LogP contribution >= 0.6 is 15.9 Å². The van der Waals surface area contributed by atoms with Gasteiger partial charge < -0.3 is 14.8 Å². The Labute approximate surface area is 117 Å². The van der Waals surface area contributed by atoms with Crippen LogP contribution in [0.3, 0.4) is 0 Å². The summed E-state index contributed by atoms with van der Waals surface area (Å²) in [4.78, 5) is 10.8. The predicted octanol–water partition coefficient (Wildman–Crippen LogP) is 3.80. The summed E-state index contributed by atoms with van der Waals surface area (Å²) >= 11 is 3.24. The number of carboxylic acid groups (broad SMARTS) is 1. The van der Waals surface area contributed by atoms with Crippen molar-refractivity contribution in [3.05, 3.63) is 51.6 Å². The summed E-state index contributed by atoms with van der Waals surface area (Å²) in [5.74, 6) is -0.979. The van der Waals surface area contributed by atoms with Crippen LogP contribution in [0.15, 0.2) is 33.2 Å². The molecule has 0 saturated heterocycles. The van der Waals surface area contributed by atoms with Crippen LogP contribution in [0.2, 0.25) is 0 Å². The lowest BCUT2D eigenvalue weighted by Crippen LogP contribution is -1.99. The van der Waals surface area contributed by atoms with E-state index in [1.165, 1.54) is 12.1 Å². The average Bonchev–Trinajstić information content (AvgIpc) is 2.69. The van der Waals surface area contributed by atoms with Crippen molar-refractivity contribution in [3.63, 3.8) is 0 Å². The van der Waals surface area contributed by atoms with Crippen molar-refractivity contribution in [2.75, 3.05) is 5.32 Å². The summed E-state index contributed by atoms with van der Waals surface area (Å²) in [5.41, 5.74) is 1.27. The molecule has 1 heterocycles.